The lowest BCUT2D eigenvalue weighted by molar-refractivity contribution is 0.102. The molecule has 0 bridgehead atoms. The average molecular weight is 352 g/mol. The summed E-state index contributed by atoms with van der Waals surface area (Å²) in [6.07, 6.45) is 1.47. The summed E-state index contributed by atoms with van der Waals surface area (Å²) in [5.74, 6) is 0.101. The van der Waals surface area contributed by atoms with Gasteiger partial charge >= 0.3 is 0 Å². The smallest absolute Gasteiger partial charge is 0.274 e. The van der Waals surface area contributed by atoms with Crippen molar-refractivity contribution in [3.05, 3.63) is 72.3 Å². The normalized spacial score (nSPS) is 10.2. The van der Waals surface area contributed by atoms with Crippen LogP contribution in [0.15, 0.2) is 60.8 Å². The van der Waals surface area contributed by atoms with Crippen molar-refractivity contribution in [2.24, 2.45) is 0 Å². The number of nitrogens with zero attached hydrogens (tertiary/aromatic N) is 2. The summed E-state index contributed by atoms with van der Waals surface area (Å²) in [5.41, 5.74) is 1.37. The Morgan fingerprint density at radius 3 is 2.65 bits per heavy atom. The van der Waals surface area contributed by atoms with Gasteiger partial charge in [-0.15, -0.1) is 0 Å². The molecule has 1 amide bonds. The van der Waals surface area contributed by atoms with Gasteiger partial charge in [0.25, 0.3) is 5.91 Å². The van der Waals surface area contributed by atoms with Gasteiger partial charge in [0.05, 0.1) is 12.3 Å². The Balaban J connectivity index is 1.75. The molecule has 0 unspecified atom stereocenters. The van der Waals surface area contributed by atoms with Crippen molar-refractivity contribution in [1.82, 2.24) is 9.97 Å². The maximum Gasteiger partial charge on any atom is 0.274 e. The van der Waals surface area contributed by atoms with Crippen molar-refractivity contribution < 1.29 is 13.9 Å². The molecule has 0 aliphatic heterocycles. The van der Waals surface area contributed by atoms with Gasteiger partial charge < -0.3 is 15.4 Å². The monoisotopic (exact) mass is 352 g/mol. The lowest BCUT2D eigenvalue weighted by atomic mass is 10.2. The number of para-hydroxylation sites is 2. The first-order valence-corrected chi connectivity index (χ1v) is 8.04. The van der Waals surface area contributed by atoms with Crippen molar-refractivity contribution in [2.75, 3.05) is 17.2 Å². The molecule has 26 heavy (non-hydrogen) atoms. The molecule has 2 N–H and O–H groups in total. The number of hydrogen-bond acceptors (Lipinski definition) is 5. The number of hydrogen-bond donors (Lipinski definition) is 2. The predicted octanol–water partition coefficient (Wildman–Crippen LogP) is 4.01. The van der Waals surface area contributed by atoms with E-state index in [0.29, 0.717) is 23.7 Å². The zero-order valence-electron chi connectivity index (χ0n) is 14.1. The van der Waals surface area contributed by atoms with Crippen LogP contribution in [-0.4, -0.2) is 22.5 Å². The molecule has 6 nitrogen and oxygen atoms in total. The van der Waals surface area contributed by atoms with Crippen LogP contribution in [0.3, 0.4) is 0 Å². The minimum atomic E-state index is -0.387. The highest BCUT2D eigenvalue weighted by atomic mass is 19.1. The fraction of sp³-hybridized carbons (Fsp3) is 0.105. The van der Waals surface area contributed by atoms with Gasteiger partial charge in [-0.05, 0) is 49.4 Å². The summed E-state index contributed by atoms with van der Waals surface area (Å²) >= 11 is 0. The first kappa shape index (κ1) is 17.3. The minimum Gasteiger partial charge on any atom is -0.492 e. The molecule has 1 aromatic heterocycles. The second-order valence-electron chi connectivity index (χ2n) is 5.28. The number of anilines is 3. The molecule has 7 heteroatoms. The number of carbonyl (C=O) groups is 1. The van der Waals surface area contributed by atoms with Crippen LogP contribution in [0.2, 0.25) is 0 Å². The van der Waals surface area contributed by atoms with Gasteiger partial charge in [0.2, 0.25) is 5.95 Å². The van der Waals surface area contributed by atoms with Gasteiger partial charge in [0, 0.05) is 11.9 Å². The number of amides is 1. The molecule has 0 fully saturated rings. The van der Waals surface area contributed by atoms with E-state index in [0.717, 1.165) is 0 Å². The Labute approximate surface area is 150 Å². The Bertz CT molecular complexity index is 900. The van der Waals surface area contributed by atoms with Gasteiger partial charge in [-0.2, -0.15) is 0 Å². The molecule has 0 aliphatic carbocycles. The molecule has 0 radical (unpaired) electrons. The number of aromatic nitrogens is 2. The fourth-order valence-electron chi connectivity index (χ4n) is 2.25. The lowest BCUT2D eigenvalue weighted by Gasteiger charge is -2.11. The highest BCUT2D eigenvalue weighted by molar-refractivity contribution is 6.03. The summed E-state index contributed by atoms with van der Waals surface area (Å²) in [5, 5.41) is 5.71. The van der Waals surface area contributed by atoms with Crippen LogP contribution in [0.5, 0.6) is 5.75 Å². The Hall–Kier alpha value is -3.48. The second kappa shape index (κ2) is 8.06. The zero-order chi connectivity index (χ0) is 18.4. The molecule has 132 valence electrons. The van der Waals surface area contributed by atoms with E-state index in [4.69, 9.17) is 4.74 Å². The molecule has 3 aromatic rings. The topological polar surface area (TPSA) is 76.1 Å². The standard InChI is InChI=1S/C19H17FN4O2/c1-2-26-17-6-4-3-5-15(17)23-18(25)16-11-12-21-19(24-16)22-14-9-7-13(20)8-10-14/h3-12H,2H2,1H3,(H,23,25)(H,21,22,24). The number of benzene rings is 2. The number of ether oxygens (including phenoxy) is 1. The van der Waals surface area contributed by atoms with Crippen molar-refractivity contribution >= 4 is 23.2 Å². The molecule has 2 aromatic carbocycles. The number of carbonyl (C=O) groups excluding carboxylic acids is 1. The van der Waals surface area contributed by atoms with E-state index in [1.54, 1.807) is 30.3 Å². The van der Waals surface area contributed by atoms with Crippen LogP contribution in [0.25, 0.3) is 0 Å². The number of nitrogens with one attached hydrogen (secondary N) is 2. The molecule has 0 atom stereocenters. The molecular formula is C19H17FN4O2. The Morgan fingerprint density at radius 1 is 1.12 bits per heavy atom. The van der Waals surface area contributed by atoms with Crippen LogP contribution in [0.4, 0.5) is 21.7 Å². The van der Waals surface area contributed by atoms with Crippen LogP contribution < -0.4 is 15.4 Å². The van der Waals surface area contributed by atoms with Crippen molar-refractivity contribution in [3.63, 3.8) is 0 Å². The zero-order valence-corrected chi connectivity index (χ0v) is 14.1. The van der Waals surface area contributed by atoms with Crippen LogP contribution in [-0.2, 0) is 0 Å². The first-order chi connectivity index (χ1) is 12.7. The molecule has 3 rings (SSSR count). The molecule has 0 saturated heterocycles. The summed E-state index contributed by atoms with van der Waals surface area (Å²) in [6.45, 7) is 2.36. The largest absolute Gasteiger partial charge is 0.492 e. The highest BCUT2D eigenvalue weighted by Gasteiger charge is 2.12. The summed E-state index contributed by atoms with van der Waals surface area (Å²) in [6, 6.07) is 14.4. The van der Waals surface area contributed by atoms with E-state index in [2.05, 4.69) is 20.6 Å². The third-order valence-corrected chi connectivity index (χ3v) is 3.42. The van der Waals surface area contributed by atoms with Gasteiger partial charge in [-0.25, -0.2) is 14.4 Å². The summed E-state index contributed by atoms with van der Waals surface area (Å²) < 4.78 is 18.5. The maximum absolute atomic E-state index is 13.0. The van der Waals surface area contributed by atoms with Crippen LogP contribution >= 0.6 is 0 Å². The van der Waals surface area contributed by atoms with E-state index in [1.165, 1.54) is 24.4 Å². The first-order valence-electron chi connectivity index (χ1n) is 8.04. The third-order valence-electron chi connectivity index (χ3n) is 3.42. The number of rotatable bonds is 6. The fourth-order valence-corrected chi connectivity index (χ4v) is 2.25. The maximum atomic E-state index is 13.0. The Kier molecular flexibility index (Phi) is 5.38. The van der Waals surface area contributed by atoms with E-state index in [1.807, 2.05) is 13.0 Å². The van der Waals surface area contributed by atoms with Crippen molar-refractivity contribution in [2.45, 2.75) is 6.92 Å². The molecule has 1 heterocycles. The predicted molar refractivity (Wildman–Crippen MR) is 97.3 cm³/mol. The van der Waals surface area contributed by atoms with Crippen molar-refractivity contribution in [3.8, 4) is 5.75 Å². The molecule has 0 saturated carbocycles. The third kappa shape index (κ3) is 4.32. The lowest BCUT2D eigenvalue weighted by Crippen LogP contribution is -2.15. The highest BCUT2D eigenvalue weighted by Crippen LogP contribution is 2.24. The van der Waals surface area contributed by atoms with E-state index in [-0.39, 0.29) is 23.4 Å². The average Bonchev–Trinajstić information content (AvgIpc) is 2.66. The van der Waals surface area contributed by atoms with Gasteiger partial charge in [0.1, 0.15) is 17.3 Å². The van der Waals surface area contributed by atoms with Crippen molar-refractivity contribution in [1.29, 1.82) is 0 Å². The molecule has 0 spiro atoms. The van der Waals surface area contributed by atoms with Gasteiger partial charge in [-0.3, -0.25) is 4.79 Å². The molecule has 0 aliphatic rings. The SMILES string of the molecule is CCOc1ccccc1NC(=O)c1ccnc(Nc2ccc(F)cc2)n1. The van der Waals surface area contributed by atoms with E-state index in [9.17, 15) is 9.18 Å². The number of halogens is 1. The van der Waals surface area contributed by atoms with E-state index < -0.39 is 0 Å². The quantitative estimate of drug-likeness (QED) is 0.701. The van der Waals surface area contributed by atoms with Gasteiger partial charge in [-0.1, -0.05) is 12.1 Å². The minimum absolute atomic E-state index is 0.191. The second-order valence-corrected chi connectivity index (χ2v) is 5.28. The molecular weight excluding hydrogens is 335 g/mol. The van der Waals surface area contributed by atoms with Crippen LogP contribution in [0.1, 0.15) is 17.4 Å². The summed E-state index contributed by atoms with van der Waals surface area (Å²) in [4.78, 5) is 20.8. The summed E-state index contributed by atoms with van der Waals surface area (Å²) in [7, 11) is 0. The Morgan fingerprint density at radius 2 is 1.88 bits per heavy atom. The van der Waals surface area contributed by atoms with Crippen LogP contribution in [0, 0.1) is 5.82 Å². The van der Waals surface area contributed by atoms with E-state index >= 15 is 0 Å². The van der Waals surface area contributed by atoms with Gasteiger partial charge in [0.15, 0.2) is 0 Å².